The molecule has 1 saturated carbocycles. The molecule has 1 aliphatic carbocycles. The lowest BCUT2D eigenvalue weighted by atomic mass is 9.86. The average Bonchev–Trinajstić information content (AvgIpc) is 2.69. The van der Waals surface area contributed by atoms with Crippen LogP contribution in [0.3, 0.4) is 0 Å². The van der Waals surface area contributed by atoms with E-state index in [-0.39, 0.29) is 11.8 Å². The molecular weight excluding hydrogens is 364 g/mol. The van der Waals surface area contributed by atoms with Crippen LogP contribution >= 0.6 is 0 Å². The van der Waals surface area contributed by atoms with Gasteiger partial charge in [-0.2, -0.15) is 0 Å². The van der Waals surface area contributed by atoms with Gasteiger partial charge in [0.05, 0.1) is 0 Å². The first-order valence-corrected chi connectivity index (χ1v) is 11.2. The first kappa shape index (κ1) is 21.8. The summed E-state index contributed by atoms with van der Waals surface area (Å²) >= 11 is 0. The lowest BCUT2D eigenvalue weighted by Gasteiger charge is -2.31. The van der Waals surface area contributed by atoms with Crippen LogP contribution in [0.4, 0.5) is 5.69 Å². The zero-order valence-corrected chi connectivity index (χ0v) is 18.3. The second kappa shape index (κ2) is 10.2. The van der Waals surface area contributed by atoms with E-state index in [2.05, 4.69) is 30.5 Å². The molecule has 1 aromatic rings. The molecule has 1 heterocycles. The van der Waals surface area contributed by atoms with Crippen molar-refractivity contribution in [3.8, 4) is 0 Å². The van der Waals surface area contributed by atoms with Crippen molar-refractivity contribution in [2.45, 2.75) is 52.5 Å². The van der Waals surface area contributed by atoms with Crippen LogP contribution < -0.4 is 20.4 Å². The standard InChI is InChI=1S/C23H36N4O2/c1-17-8-6-10-21(19(17)3)25-23(29)16-27-13-11-26(12-14-27)15-22(28)24-20-9-5-4-7-18(20)2/h6,8,10,18,20H,4-5,7,9,11-16H2,1-3H3,(H,24,28)(H,25,29)/p+2/t18-,20-/m0/s1. The zero-order valence-electron chi connectivity index (χ0n) is 18.3. The van der Waals surface area contributed by atoms with Crippen molar-refractivity contribution in [3.63, 3.8) is 0 Å². The number of amides is 2. The van der Waals surface area contributed by atoms with Gasteiger partial charge >= 0.3 is 0 Å². The number of quaternary nitrogens is 2. The lowest BCUT2D eigenvalue weighted by molar-refractivity contribution is -1.00. The second-order valence-corrected chi connectivity index (χ2v) is 9.08. The third-order valence-corrected chi connectivity index (χ3v) is 6.82. The predicted octanol–water partition coefficient (Wildman–Crippen LogP) is -0.280. The monoisotopic (exact) mass is 402 g/mol. The van der Waals surface area contributed by atoms with Crippen LogP contribution in [0.15, 0.2) is 18.2 Å². The summed E-state index contributed by atoms with van der Waals surface area (Å²) < 4.78 is 0. The van der Waals surface area contributed by atoms with Crippen molar-refractivity contribution in [2.75, 3.05) is 44.6 Å². The zero-order chi connectivity index (χ0) is 20.8. The molecule has 0 aromatic heterocycles. The van der Waals surface area contributed by atoms with Crippen LogP contribution in [0, 0.1) is 19.8 Å². The lowest BCUT2D eigenvalue weighted by Crippen LogP contribution is -3.28. The van der Waals surface area contributed by atoms with Crippen LogP contribution in [-0.4, -0.2) is 57.1 Å². The first-order valence-electron chi connectivity index (χ1n) is 11.2. The number of hydrogen-bond acceptors (Lipinski definition) is 2. The highest BCUT2D eigenvalue weighted by molar-refractivity contribution is 5.92. The molecule has 1 aliphatic heterocycles. The summed E-state index contributed by atoms with van der Waals surface area (Å²) in [5, 5.41) is 6.33. The van der Waals surface area contributed by atoms with Gasteiger partial charge < -0.3 is 20.4 Å². The average molecular weight is 403 g/mol. The van der Waals surface area contributed by atoms with E-state index in [4.69, 9.17) is 0 Å². The van der Waals surface area contributed by atoms with Gasteiger partial charge in [-0.1, -0.05) is 31.9 Å². The van der Waals surface area contributed by atoms with Gasteiger partial charge in [0.25, 0.3) is 11.8 Å². The fraction of sp³-hybridized carbons (Fsp3) is 0.652. The Kier molecular flexibility index (Phi) is 7.67. The Balaban J connectivity index is 1.38. The molecule has 1 saturated heterocycles. The molecule has 0 bridgehead atoms. The van der Waals surface area contributed by atoms with Gasteiger partial charge in [-0.15, -0.1) is 0 Å². The van der Waals surface area contributed by atoms with Crippen molar-refractivity contribution in [3.05, 3.63) is 29.3 Å². The van der Waals surface area contributed by atoms with E-state index in [1.807, 2.05) is 19.1 Å². The van der Waals surface area contributed by atoms with Gasteiger partial charge in [-0.3, -0.25) is 9.59 Å². The Morgan fingerprint density at radius 3 is 2.24 bits per heavy atom. The van der Waals surface area contributed by atoms with Crippen molar-refractivity contribution in [1.82, 2.24) is 5.32 Å². The Hall–Kier alpha value is -1.92. The van der Waals surface area contributed by atoms with Gasteiger partial charge in [-0.25, -0.2) is 0 Å². The summed E-state index contributed by atoms with van der Waals surface area (Å²) in [7, 11) is 0. The highest BCUT2D eigenvalue weighted by Crippen LogP contribution is 2.23. The van der Waals surface area contributed by atoms with Crippen molar-refractivity contribution >= 4 is 17.5 Å². The maximum absolute atomic E-state index is 12.5. The molecule has 2 amide bonds. The van der Waals surface area contributed by atoms with Gasteiger partial charge in [0, 0.05) is 11.7 Å². The topological polar surface area (TPSA) is 67.1 Å². The fourth-order valence-electron chi connectivity index (χ4n) is 4.63. The minimum Gasteiger partial charge on any atom is -0.348 e. The van der Waals surface area contributed by atoms with Gasteiger partial charge in [-0.05, 0) is 49.8 Å². The first-order chi connectivity index (χ1) is 13.9. The third-order valence-electron chi connectivity index (χ3n) is 6.82. The number of hydrogen-bond donors (Lipinski definition) is 4. The summed E-state index contributed by atoms with van der Waals surface area (Å²) in [6, 6.07) is 6.36. The van der Waals surface area contributed by atoms with Crippen molar-refractivity contribution in [2.24, 2.45) is 5.92 Å². The van der Waals surface area contributed by atoms with Gasteiger partial charge in [0.15, 0.2) is 13.1 Å². The maximum atomic E-state index is 12.5. The molecule has 1 aromatic carbocycles. The highest BCUT2D eigenvalue weighted by atomic mass is 16.2. The number of carbonyl (C=O) groups excluding carboxylic acids is 2. The third kappa shape index (κ3) is 6.28. The molecule has 29 heavy (non-hydrogen) atoms. The Bertz CT molecular complexity index is 713. The van der Waals surface area contributed by atoms with Crippen LogP contribution in [-0.2, 0) is 9.59 Å². The molecule has 0 unspecified atom stereocenters. The molecule has 0 radical (unpaired) electrons. The molecule has 2 atom stereocenters. The molecule has 4 N–H and O–H groups in total. The normalized spacial score (nSPS) is 27.3. The number of rotatable bonds is 6. The minimum atomic E-state index is 0.0705. The number of aryl methyl sites for hydroxylation is 1. The van der Waals surface area contributed by atoms with E-state index in [1.54, 1.807) is 0 Å². The summed E-state index contributed by atoms with van der Waals surface area (Å²) in [6.07, 6.45) is 4.87. The Morgan fingerprint density at radius 2 is 1.59 bits per heavy atom. The quantitative estimate of drug-likeness (QED) is 0.529. The largest absolute Gasteiger partial charge is 0.348 e. The number of anilines is 1. The number of benzene rings is 1. The number of carbonyl (C=O) groups is 2. The minimum absolute atomic E-state index is 0.0705. The highest BCUT2D eigenvalue weighted by Gasteiger charge is 2.28. The Morgan fingerprint density at radius 1 is 0.966 bits per heavy atom. The molecule has 2 aliphatic rings. The van der Waals surface area contributed by atoms with Crippen molar-refractivity contribution in [1.29, 1.82) is 0 Å². The van der Waals surface area contributed by atoms with Crippen molar-refractivity contribution < 1.29 is 19.4 Å². The summed E-state index contributed by atoms with van der Waals surface area (Å²) in [5.74, 6) is 0.857. The van der Waals surface area contributed by atoms with E-state index in [1.165, 1.54) is 34.6 Å². The predicted molar refractivity (Wildman–Crippen MR) is 115 cm³/mol. The molecule has 6 heteroatoms. The smallest absolute Gasteiger partial charge is 0.279 e. The number of piperazine rings is 1. The SMILES string of the molecule is Cc1cccc(NC(=O)C[NH+]2CC[NH+](CC(=O)N[C@H]3CCCC[C@@H]3C)CC2)c1C. The van der Waals surface area contributed by atoms with Gasteiger partial charge in [0.2, 0.25) is 0 Å². The van der Waals surface area contributed by atoms with Crippen LogP contribution in [0.25, 0.3) is 0 Å². The van der Waals surface area contributed by atoms with E-state index in [0.717, 1.165) is 43.9 Å². The van der Waals surface area contributed by atoms with Crippen LogP contribution in [0.2, 0.25) is 0 Å². The maximum Gasteiger partial charge on any atom is 0.279 e. The summed E-state index contributed by atoms with van der Waals surface area (Å²) in [6.45, 7) is 11.2. The van der Waals surface area contributed by atoms with E-state index >= 15 is 0 Å². The molecule has 0 spiro atoms. The van der Waals surface area contributed by atoms with Crippen LogP contribution in [0.1, 0.15) is 43.7 Å². The summed E-state index contributed by atoms with van der Waals surface area (Å²) in [5.41, 5.74) is 3.23. The molecule has 160 valence electrons. The molecule has 3 rings (SSSR count). The number of nitrogens with one attached hydrogen (secondary N) is 4. The fourth-order valence-corrected chi connectivity index (χ4v) is 4.63. The van der Waals surface area contributed by atoms with Crippen LogP contribution in [0.5, 0.6) is 0 Å². The summed E-state index contributed by atoms with van der Waals surface area (Å²) in [4.78, 5) is 27.5. The molecule has 6 nitrogen and oxygen atoms in total. The molecular formula is C23H38N4O2+2. The second-order valence-electron chi connectivity index (χ2n) is 9.08. The Labute approximate surface area is 175 Å². The van der Waals surface area contributed by atoms with E-state index < -0.39 is 0 Å². The van der Waals surface area contributed by atoms with Gasteiger partial charge in [0.1, 0.15) is 26.2 Å². The van der Waals surface area contributed by atoms with E-state index in [0.29, 0.717) is 25.0 Å². The van der Waals surface area contributed by atoms with E-state index in [9.17, 15) is 9.59 Å². The molecule has 2 fully saturated rings.